The fourth-order valence-electron chi connectivity index (χ4n) is 2.07. The maximum Gasteiger partial charge on any atom is 0.277 e. The van der Waals surface area contributed by atoms with Crippen LogP contribution in [0.3, 0.4) is 0 Å². The van der Waals surface area contributed by atoms with Crippen molar-refractivity contribution in [3.05, 3.63) is 56.7 Å². The number of anilines is 2. The number of hydrogen-bond acceptors (Lipinski definition) is 5. The Morgan fingerprint density at radius 3 is 2.50 bits per heavy atom. The quantitative estimate of drug-likeness (QED) is 0.218. The van der Waals surface area contributed by atoms with Gasteiger partial charge in [0.2, 0.25) is 0 Å². The van der Waals surface area contributed by atoms with Gasteiger partial charge in [-0.05, 0) is 46.9 Å². The van der Waals surface area contributed by atoms with E-state index in [9.17, 15) is 22.4 Å². The minimum absolute atomic E-state index is 0.250. The van der Waals surface area contributed by atoms with E-state index < -0.39 is 53.1 Å². The average Bonchev–Trinajstić information content (AvgIpc) is 2.67. The van der Waals surface area contributed by atoms with Crippen LogP contribution in [0.25, 0.3) is 0 Å². The molecule has 0 aromatic heterocycles. The first-order valence-electron chi connectivity index (χ1n) is 7.73. The number of amides is 1. The van der Waals surface area contributed by atoms with Crippen molar-refractivity contribution in [2.45, 2.75) is 6.10 Å². The summed E-state index contributed by atoms with van der Waals surface area (Å²) in [5.41, 5.74) is 0.219. The van der Waals surface area contributed by atoms with Crippen LogP contribution in [0.5, 0.6) is 0 Å². The van der Waals surface area contributed by atoms with Crippen LogP contribution in [0.4, 0.5) is 28.9 Å². The zero-order chi connectivity index (χ0) is 20.8. The molecule has 0 spiro atoms. The smallest absolute Gasteiger partial charge is 0.277 e. The Kier molecular flexibility index (Phi) is 7.98. The van der Waals surface area contributed by atoms with Crippen LogP contribution in [0.1, 0.15) is 10.4 Å². The fraction of sp³-hybridized carbons (Fsp3) is 0.235. The normalized spacial score (nSPS) is 12.0. The van der Waals surface area contributed by atoms with Crippen LogP contribution in [-0.2, 0) is 9.57 Å². The Labute approximate surface area is 170 Å². The minimum Gasteiger partial charge on any atom is -0.394 e. The van der Waals surface area contributed by atoms with E-state index >= 15 is 0 Å². The first-order chi connectivity index (χ1) is 13.3. The standard InChI is InChI=1S/C17H15F4IN2O4/c1-27-9(6-25)7-28-24-17(26)10-5-12(19)14(20)15(21)16(10)23-13-3-2-8(22)4-11(13)18/h2-5,9,23,25H,6-7H2,1H3,(H,24,26). The van der Waals surface area contributed by atoms with E-state index in [1.807, 2.05) is 28.1 Å². The molecule has 1 atom stereocenters. The first kappa shape index (κ1) is 22.3. The van der Waals surface area contributed by atoms with Gasteiger partial charge < -0.3 is 15.2 Å². The van der Waals surface area contributed by atoms with Crippen molar-refractivity contribution < 1.29 is 37.0 Å². The molecule has 2 rings (SSSR count). The molecule has 0 bridgehead atoms. The zero-order valence-corrected chi connectivity index (χ0v) is 16.5. The highest BCUT2D eigenvalue weighted by Gasteiger charge is 2.24. The minimum atomic E-state index is -1.83. The largest absolute Gasteiger partial charge is 0.394 e. The van der Waals surface area contributed by atoms with E-state index in [1.54, 1.807) is 0 Å². The van der Waals surface area contributed by atoms with Crippen molar-refractivity contribution in [3.63, 3.8) is 0 Å². The van der Waals surface area contributed by atoms with Crippen LogP contribution in [-0.4, -0.2) is 37.4 Å². The average molecular weight is 514 g/mol. The molecular formula is C17H15F4IN2O4. The second kappa shape index (κ2) is 10.0. The summed E-state index contributed by atoms with van der Waals surface area (Å²) < 4.78 is 60.9. The number of halogens is 5. The van der Waals surface area contributed by atoms with Gasteiger partial charge in [0.15, 0.2) is 17.5 Å². The molecule has 6 nitrogen and oxygen atoms in total. The van der Waals surface area contributed by atoms with Crippen molar-refractivity contribution in [1.29, 1.82) is 0 Å². The highest BCUT2D eigenvalue weighted by molar-refractivity contribution is 14.1. The number of ether oxygens (including phenoxy) is 1. The number of aliphatic hydroxyl groups excluding tert-OH is 1. The molecule has 1 unspecified atom stereocenters. The number of hydroxylamine groups is 1. The molecule has 152 valence electrons. The third-order valence-electron chi connectivity index (χ3n) is 3.57. The van der Waals surface area contributed by atoms with Crippen LogP contribution in [0, 0.1) is 26.8 Å². The highest BCUT2D eigenvalue weighted by Crippen LogP contribution is 2.30. The summed E-state index contributed by atoms with van der Waals surface area (Å²) in [4.78, 5) is 17.1. The summed E-state index contributed by atoms with van der Waals surface area (Å²) in [7, 11) is 1.30. The SMILES string of the molecule is COC(CO)CONC(=O)c1cc(F)c(F)c(F)c1Nc1ccc(I)cc1F. The number of hydrogen-bond donors (Lipinski definition) is 3. The lowest BCUT2D eigenvalue weighted by atomic mass is 10.1. The summed E-state index contributed by atoms with van der Waals surface area (Å²) in [6.07, 6.45) is -0.750. The molecule has 0 saturated heterocycles. The van der Waals surface area contributed by atoms with E-state index in [0.29, 0.717) is 9.64 Å². The maximum atomic E-state index is 14.3. The maximum absolute atomic E-state index is 14.3. The Morgan fingerprint density at radius 1 is 1.18 bits per heavy atom. The van der Waals surface area contributed by atoms with Gasteiger partial charge in [-0.15, -0.1) is 0 Å². The summed E-state index contributed by atoms with van der Waals surface area (Å²) in [5.74, 6) is -7.05. The summed E-state index contributed by atoms with van der Waals surface area (Å²) in [6.45, 7) is -0.662. The molecule has 0 radical (unpaired) electrons. The molecule has 0 aliphatic carbocycles. The summed E-state index contributed by atoms with van der Waals surface area (Å²) in [6, 6.07) is 4.32. The Hall–Kier alpha value is -1.96. The number of nitrogens with one attached hydrogen (secondary N) is 2. The first-order valence-corrected chi connectivity index (χ1v) is 8.81. The van der Waals surface area contributed by atoms with Gasteiger partial charge in [-0.3, -0.25) is 9.63 Å². The van der Waals surface area contributed by atoms with Crippen LogP contribution >= 0.6 is 22.6 Å². The van der Waals surface area contributed by atoms with Crippen LogP contribution < -0.4 is 10.8 Å². The van der Waals surface area contributed by atoms with E-state index in [0.717, 1.165) is 6.07 Å². The molecule has 0 heterocycles. The van der Waals surface area contributed by atoms with Gasteiger partial charge in [-0.1, -0.05) is 0 Å². The van der Waals surface area contributed by atoms with Crippen molar-refractivity contribution in [2.75, 3.05) is 25.6 Å². The van der Waals surface area contributed by atoms with Gasteiger partial charge in [-0.25, -0.2) is 23.0 Å². The Bertz CT molecular complexity index is 866. The van der Waals surface area contributed by atoms with E-state index in [4.69, 9.17) is 14.7 Å². The number of carbonyl (C=O) groups is 1. The summed E-state index contributed by atoms with van der Waals surface area (Å²) in [5, 5.41) is 11.2. The fourth-order valence-corrected chi connectivity index (χ4v) is 2.53. The van der Waals surface area contributed by atoms with Gasteiger partial charge in [0.05, 0.1) is 23.5 Å². The second-order valence-corrected chi connectivity index (χ2v) is 6.69. The van der Waals surface area contributed by atoms with Crippen LogP contribution in [0.2, 0.25) is 0 Å². The predicted molar refractivity (Wildman–Crippen MR) is 100 cm³/mol. The molecule has 3 N–H and O–H groups in total. The third-order valence-corrected chi connectivity index (χ3v) is 4.24. The topological polar surface area (TPSA) is 79.8 Å². The number of aliphatic hydroxyl groups is 1. The van der Waals surface area contributed by atoms with E-state index in [2.05, 4.69) is 5.32 Å². The van der Waals surface area contributed by atoms with E-state index in [-0.39, 0.29) is 12.3 Å². The lowest BCUT2D eigenvalue weighted by molar-refractivity contribution is -0.0469. The van der Waals surface area contributed by atoms with Crippen molar-refractivity contribution in [1.82, 2.24) is 5.48 Å². The predicted octanol–water partition coefficient (Wildman–Crippen LogP) is 3.26. The molecule has 0 aliphatic rings. The van der Waals surface area contributed by atoms with Crippen molar-refractivity contribution in [3.8, 4) is 0 Å². The monoisotopic (exact) mass is 514 g/mol. The lowest BCUT2D eigenvalue weighted by Gasteiger charge is -2.16. The molecule has 0 saturated carbocycles. The zero-order valence-electron chi connectivity index (χ0n) is 14.4. The molecular weight excluding hydrogens is 499 g/mol. The van der Waals surface area contributed by atoms with Gasteiger partial charge >= 0.3 is 0 Å². The van der Waals surface area contributed by atoms with Gasteiger partial charge in [0.25, 0.3) is 5.91 Å². The van der Waals surface area contributed by atoms with Gasteiger partial charge in [-0.2, -0.15) is 0 Å². The Balaban J connectivity index is 2.31. The van der Waals surface area contributed by atoms with E-state index in [1.165, 1.54) is 19.2 Å². The van der Waals surface area contributed by atoms with Crippen molar-refractivity contribution >= 4 is 39.9 Å². The molecule has 0 aliphatic heterocycles. The second-order valence-electron chi connectivity index (χ2n) is 5.44. The Morgan fingerprint density at radius 2 is 1.89 bits per heavy atom. The molecule has 2 aromatic carbocycles. The number of carbonyl (C=O) groups excluding carboxylic acids is 1. The van der Waals surface area contributed by atoms with Gasteiger partial charge in [0, 0.05) is 10.7 Å². The van der Waals surface area contributed by atoms with Gasteiger partial charge in [0.1, 0.15) is 18.5 Å². The molecule has 11 heteroatoms. The number of benzene rings is 2. The summed E-state index contributed by atoms with van der Waals surface area (Å²) >= 11 is 1.85. The molecule has 2 aromatic rings. The highest BCUT2D eigenvalue weighted by atomic mass is 127. The molecule has 28 heavy (non-hydrogen) atoms. The molecule has 0 fully saturated rings. The van der Waals surface area contributed by atoms with Crippen LogP contribution in [0.15, 0.2) is 24.3 Å². The van der Waals surface area contributed by atoms with Crippen molar-refractivity contribution in [2.24, 2.45) is 0 Å². The molecule has 1 amide bonds. The lowest BCUT2D eigenvalue weighted by Crippen LogP contribution is -2.31. The third kappa shape index (κ3) is 5.31. The number of methoxy groups -OCH3 is 1. The number of rotatable bonds is 8.